The summed E-state index contributed by atoms with van der Waals surface area (Å²) in [6, 6.07) is 11.5. The molecule has 2 aromatic carbocycles. The van der Waals surface area contributed by atoms with E-state index in [0.717, 1.165) is 11.3 Å². The summed E-state index contributed by atoms with van der Waals surface area (Å²) in [5.74, 6) is 3.29. The fourth-order valence-electron chi connectivity index (χ4n) is 3.59. The van der Waals surface area contributed by atoms with E-state index >= 15 is 0 Å². The van der Waals surface area contributed by atoms with Crippen molar-refractivity contribution in [3.63, 3.8) is 0 Å². The standard InChI is InChI=1S/C21H24N4O5/c1-26-14-7-5-6-12(8-14)18-15(11-22-24-18)21-23-20(25-30-21)13-9-16(27-2)19(29-4)17(10-13)28-3/h5-10,15,18,22,24H,11H2,1-4H3. The first kappa shape index (κ1) is 20.0. The molecule has 2 atom stereocenters. The van der Waals surface area contributed by atoms with Gasteiger partial charge in [0.05, 0.1) is 40.4 Å². The highest BCUT2D eigenvalue weighted by atomic mass is 16.5. The molecule has 1 aromatic heterocycles. The van der Waals surface area contributed by atoms with E-state index in [4.69, 9.17) is 23.5 Å². The minimum atomic E-state index is -0.0413. The highest BCUT2D eigenvalue weighted by molar-refractivity contribution is 5.66. The van der Waals surface area contributed by atoms with Crippen LogP contribution in [0, 0.1) is 0 Å². The lowest BCUT2D eigenvalue weighted by Crippen LogP contribution is -2.24. The smallest absolute Gasteiger partial charge is 0.233 e. The normalized spacial score (nSPS) is 18.3. The summed E-state index contributed by atoms with van der Waals surface area (Å²) >= 11 is 0. The average molecular weight is 412 g/mol. The van der Waals surface area contributed by atoms with Crippen LogP contribution in [0.1, 0.15) is 23.4 Å². The maximum absolute atomic E-state index is 5.63. The van der Waals surface area contributed by atoms with Gasteiger partial charge >= 0.3 is 0 Å². The third-order valence-electron chi connectivity index (χ3n) is 5.12. The highest BCUT2D eigenvalue weighted by Crippen LogP contribution is 2.41. The van der Waals surface area contributed by atoms with E-state index in [9.17, 15) is 0 Å². The molecule has 2 heterocycles. The van der Waals surface area contributed by atoms with Gasteiger partial charge in [0.1, 0.15) is 5.75 Å². The number of hydrazine groups is 1. The first-order chi connectivity index (χ1) is 14.7. The number of benzene rings is 2. The van der Waals surface area contributed by atoms with Gasteiger partial charge in [-0.25, -0.2) is 5.43 Å². The molecule has 0 spiro atoms. The van der Waals surface area contributed by atoms with Crippen molar-refractivity contribution >= 4 is 0 Å². The van der Waals surface area contributed by atoms with Crippen molar-refractivity contribution in [1.82, 2.24) is 21.0 Å². The van der Waals surface area contributed by atoms with Crippen LogP contribution in [0.5, 0.6) is 23.0 Å². The number of rotatable bonds is 7. The number of aromatic nitrogens is 2. The highest BCUT2D eigenvalue weighted by Gasteiger charge is 2.34. The number of hydrogen-bond acceptors (Lipinski definition) is 9. The van der Waals surface area contributed by atoms with Gasteiger partial charge in [-0.3, -0.25) is 5.43 Å². The number of nitrogens with one attached hydrogen (secondary N) is 2. The van der Waals surface area contributed by atoms with Gasteiger partial charge in [-0.05, 0) is 29.8 Å². The average Bonchev–Trinajstić information content (AvgIpc) is 3.47. The van der Waals surface area contributed by atoms with Gasteiger partial charge in [0.15, 0.2) is 11.5 Å². The molecule has 4 rings (SSSR count). The van der Waals surface area contributed by atoms with E-state index in [-0.39, 0.29) is 12.0 Å². The Kier molecular flexibility index (Phi) is 5.73. The number of nitrogens with zero attached hydrogens (tertiary/aromatic N) is 2. The summed E-state index contributed by atoms with van der Waals surface area (Å²) in [5, 5.41) is 4.18. The predicted molar refractivity (Wildman–Crippen MR) is 109 cm³/mol. The summed E-state index contributed by atoms with van der Waals surface area (Å²) in [5.41, 5.74) is 8.24. The van der Waals surface area contributed by atoms with Crippen molar-refractivity contribution in [2.45, 2.75) is 12.0 Å². The third kappa shape index (κ3) is 3.64. The van der Waals surface area contributed by atoms with Gasteiger partial charge in [0, 0.05) is 12.1 Å². The van der Waals surface area contributed by atoms with Crippen LogP contribution in [0.2, 0.25) is 0 Å². The molecular formula is C21H24N4O5. The quantitative estimate of drug-likeness (QED) is 0.607. The summed E-state index contributed by atoms with van der Waals surface area (Å²) in [4.78, 5) is 4.65. The Balaban J connectivity index is 1.65. The number of hydrogen-bond donors (Lipinski definition) is 2. The molecule has 1 saturated heterocycles. The Hall–Kier alpha value is -3.30. The van der Waals surface area contributed by atoms with Gasteiger partial charge in [0.2, 0.25) is 17.5 Å². The molecule has 9 heteroatoms. The molecule has 0 amide bonds. The largest absolute Gasteiger partial charge is 0.497 e. The molecule has 1 aliphatic heterocycles. The molecule has 30 heavy (non-hydrogen) atoms. The molecule has 2 N–H and O–H groups in total. The fraction of sp³-hybridized carbons (Fsp3) is 0.333. The van der Waals surface area contributed by atoms with Gasteiger partial charge in [-0.2, -0.15) is 4.98 Å². The van der Waals surface area contributed by atoms with Crippen molar-refractivity contribution < 1.29 is 23.5 Å². The minimum absolute atomic E-state index is 0.0339. The van der Waals surface area contributed by atoms with Gasteiger partial charge in [-0.15, -0.1) is 0 Å². The molecule has 0 aliphatic carbocycles. The van der Waals surface area contributed by atoms with Crippen molar-refractivity contribution in [2.75, 3.05) is 35.0 Å². The van der Waals surface area contributed by atoms with E-state index in [0.29, 0.717) is 41.1 Å². The van der Waals surface area contributed by atoms with Crippen LogP contribution in [-0.4, -0.2) is 45.1 Å². The molecule has 1 fully saturated rings. The molecule has 1 aliphatic rings. The monoisotopic (exact) mass is 412 g/mol. The zero-order valence-corrected chi connectivity index (χ0v) is 17.3. The van der Waals surface area contributed by atoms with Gasteiger partial charge < -0.3 is 23.5 Å². The van der Waals surface area contributed by atoms with E-state index in [2.05, 4.69) is 21.0 Å². The molecule has 9 nitrogen and oxygen atoms in total. The first-order valence-electron chi connectivity index (χ1n) is 9.44. The molecule has 3 aromatic rings. The topological polar surface area (TPSA) is 99.9 Å². The zero-order chi connectivity index (χ0) is 21.1. The maximum atomic E-state index is 5.63. The third-order valence-corrected chi connectivity index (χ3v) is 5.12. The molecular weight excluding hydrogens is 388 g/mol. The van der Waals surface area contributed by atoms with Crippen molar-refractivity contribution in [2.24, 2.45) is 0 Å². The molecule has 2 unspecified atom stereocenters. The van der Waals surface area contributed by atoms with E-state index in [1.165, 1.54) is 0 Å². The maximum Gasteiger partial charge on any atom is 0.233 e. The molecule has 0 saturated carbocycles. The predicted octanol–water partition coefficient (Wildman–Crippen LogP) is 2.70. The van der Waals surface area contributed by atoms with Crippen LogP contribution >= 0.6 is 0 Å². The number of methoxy groups -OCH3 is 4. The van der Waals surface area contributed by atoms with Crippen LogP contribution in [-0.2, 0) is 0 Å². The minimum Gasteiger partial charge on any atom is -0.497 e. The second-order valence-corrected chi connectivity index (χ2v) is 6.76. The molecule has 158 valence electrons. The Morgan fingerprint density at radius 2 is 1.73 bits per heavy atom. The number of ether oxygens (including phenoxy) is 4. The Morgan fingerprint density at radius 3 is 2.40 bits per heavy atom. The Labute approximate surface area is 174 Å². The van der Waals surface area contributed by atoms with E-state index in [1.807, 2.05) is 24.3 Å². The van der Waals surface area contributed by atoms with Crippen LogP contribution in [0.25, 0.3) is 11.4 Å². The first-order valence-corrected chi connectivity index (χ1v) is 9.44. The summed E-state index contributed by atoms with van der Waals surface area (Å²) < 4.78 is 27.2. The Morgan fingerprint density at radius 1 is 0.967 bits per heavy atom. The van der Waals surface area contributed by atoms with Crippen LogP contribution in [0.4, 0.5) is 0 Å². The summed E-state index contributed by atoms with van der Waals surface area (Å²) in [6.45, 7) is 0.652. The second-order valence-electron chi connectivity index (χ2n) is 6.76. The van der Waals surface area contributed by atoms with Crippen molar-refractivity contribution in [3.8, 4) is 34.4 Å². The van der Waals surface area contributed by atoms with E-state index < -0.39 is 0 Å². The Bertz CT molecular complexity index is 997. The SMILES string of the molecule is COc1cccc(C2NNCC2c2nc(-c3cc(OC)c(OC)c(OC)c3)no2)c1. The van der Waals surface area contributed by atoms with Crippen LogP contribution < -0.4 is 29.8 Å². The van der Waals surface area contributed by atoms with Crippen molar-refractivity contribution in [3.05, 3.63) is 47.9 Å². The van der Waals surface area contributed by atoms with Crippen molar-refractivity contribution in [1.29, 1.82) is 0 Å². The lowest BCUT2D eigenvalue weighted by Gasteiger charge is -2.16. The van der Waals surface area contributed by atoms with Crippen LogP contribution in [0.3, 0.4) is 0 Å². The second kappa shape index (κ2) is 8.60. The lowest BCUT2D eigenvalue weighted by molar-refractivity contribution is 0.324. The molecule has 0 bridgehead atoms. The fourth-order valence-corrected chi connectivity index (χ4v) is 3.59. The molecule has 0 radical (unpaired) electrons. The van der Waals surface area contributed by atoms with Gasteiger partial charge in [-0.1, -0.05) is 17.3 Å². The van der Waals surface area contributed by atoms with Crippen LogP contribution in [0.15, 0.2) is 40.9 Å². The summed E-state index contributed by atoms with van der Waals surface area (Å²) in [7, 11) is 6.35. The zero-order valence-electron chi connectivity index (χ0n) is 17.3. The lowest BCUT2D eigenvalue weighted by atomic mass is 9.94. The van der Waals surface area contributed by atoms with E-state index in [1.54, 1.807) is 40.6 Å². The van der Waals surface area contributed by atoms with Gasteiger partial charge in [0.25, 0.3) is 0 Å². The summed E-state index contributed by atoms with van der Waals surface area (Å²) in [6.07, 6.45) is 0.